The minimum absolute atomic E-state index is 0.154. The maximum atomic E-state index is 13.3. The summed E-state index contributed by atoms with van der Waals surface area (Å²) in [6, 6.07) is 8.44. The van der Waals surface area contributed by atoms with Crippen LogP contribution in [0.3, 0.4) is 0 Å². The summed E-state index contributed by atoms with van der Waals surface area (Å²) < 4.78 is 38.7. The summed E-state index contributed by atoms with van der Waals surface area (Å²) in [7, 11) is 4.55. The lowest BCUT2D eigenvalue weighted by Crippen LogP contribution is -2.43. The second kappa shape index (κ2) is 15.8. The molecule has 0 radical (unpaired) electrons. The Labute approximate surface area is 272 Å². The lowest BCUT2D eigenvalue weighted by molar-refractivity contribution is -0.144. The Hall–Kier alpha value is -4.59. The van der Waals surface area contributed by atoms with Crippen molar-refractivity contribution in [3.05, 3.63) is 63.5 Å². The number of aryl methyl sites for hydroxylation is 1. The number of rotatable bonds is 11. The average Bonchev–Trinajstić information content (AvgIpc) is 3.09. The molecule has 0 bridgehead atoms. The van der Waals surface area contributed by atoms with E-state index in [2.05, 4.69) is 10.2 Å². The summed E-state index contributed by atoms with van der Waals surface area (Å²) in [6.07, 6.45) is 2.44. The number of amides is 2. The molecule has 1 N–H and O–H groups in total. The number of carbonyl (C=O) groups is 2. The Bertz CT molecular complexity index is 1630. The Balaban J connectivity index is 1.35. The van der Waals surface area contributed by atoms with Crippen molar-refractivity contribution in [3.8, 4) is 17.2 Å². The van der Waals surface area contributed by atoms with Gasteiger partial charge in [-0.15, -0.1) is 0 Å². The van der Waals surface area contributed by atoms with Crippen LogP contribution in [0.5, 0.6) is 17.2 Å². The van der Waals surface area contributed by atoms with Gasteiger partial charge in [0.2, 0.25) is 5.75 Å². The number of nitrogens with one attached hydrogen (secondary N) is 1. The van der Waals surface area contributed by atoms with Gasteiger partial charge in [0.1, 0.15) is 11.7 Å². The van der Waals surface area contributed by atoms with E-state index in [-0.39, 0.29) is 12.5 Å². The number of methoxy groups -OCH3 is 3. The van der Waals surface area contributed by atoms with E-state index in [1.54, 1.807) is 35.2 Å². The van der Waals surface area contributed by atoms with Crippen molar-refractivity contribution >= 4 is 34.7 Å². The van der Waals surface area contributed by atoms with Crippen molar-refractivity contribution in [3.63, 3.8) is 0 Å². The van der Waals surface area contributed by atoms with E-state index in [1.807, 2.05) is 13.0 Å². The van der Waals surface area contributed by atoms with Gasteiger partial charge in [0.15, 0.2) is 11.5 Å². The highest BCUT2D eigenvalue weighted by Crippen LogP contribution is 2.38. The standard InChI is InChI=1S/C34H41N3O10/c1-22-26-7-6-24(35-34(40)37-11-15-45-16-12-37)19-28(26)47-33(39)27(22)20-25(21-36-9-13-44-14-10-36)46-31(38)8-5-23-17-29(41-2)32(43-4)30(18-23)42-3/h5-8,17-19,25H,9-16,20-21H2,1-4H3,(H,35,40)/b8-5+/t25-/m1/s1. The summed E-state index contributed by atoms with van der Waals surface area (Å²) in [5.41, 5.74) is 2.13. The zero-order valence-corrected chi connectivity index (χ0v) is 27.2. The third-order valence-corrected chi connectivity index (χ3v) is 8.22. The number of morpholine rings is 2. The number of anilines is 1. The van der Waals surface area contributed by atoms with Crippen LogP contribution >= 0.6 is 0 Å². The highest BCUT2D eigenvalue weighted by atomic mass is 16.5. The number of hydrogen-bond donors (Lipinski definition) is 1. The molecule has 252 valence electrons. The molecule has 2 aliphatic rings. The molecule has 2 aliphatic heterocycles. The number of hydrogen-bond acceptors (Lipinski definition) is 11. The molecule has 1 aromatic heterocycles. The van der Waals surface area contributed by atoms with E-state index in [0.717, 1.165) is 10.9 Å². The third-order valence-electron chi connectivity index (χ3n) is 8.22. The smallest absolute Gasteiger partial charge is 0.339 e. The van der Waals surface area contributed by atoms with Gasteiger partial charge in [-0.25, -0.2) is 14.4 Å². The summed E-state index contributed by atoms with van der Waals surface area (Å²) in [4.78, 5) is 42.9. The molecule has 0 aliphatic carbocycles. The molecule has 2 fully saturated rings. The SMILES string of the molecule is COc1cc(/C=C/C(=O)O[C@H](Cc2c(C)c3ccc(NC(=O)N4CCOCC4)cc3oc2=O)CN2CCOCC2)cc(OC)c1OC. The van der Waals surface area contributed by atoms with Crippen molar-refractivity contribution in [1.29, 1.82) is 0 Å². The van der Waals surface area contributed by atoms with E-state index < -0.39 is 17.7 Å². The van der Waals surface area contributed by atoms with Gasteiger partial charge < -0.3 is 43.1 Å². The number of ether oxygens (including phenoxy) is 6. The molecule has 0 saturated carbocycles. The van der Waals surface area contributed by atoms with Gasteiger partial charge in [-0.05, 0) is 48.4 Å². The van der Waals surface area contributed by atoms with Crippen LogP contribution in [0.2, 0.25) is 0 Å². The molecule has 2 amide bonds. The normalized spacial score (nSPS) is 16.2. The monoisotopic (exact) mass is 651 g/mol. The first-order valence-corrected chi connectivity index (χ1v) is 15.5. The van der Waals surface area contributed by atoms with Crippen LogP contribution in [0, 0.1) is 6.92 Å². The molecule has 1 atom stereocenters. The lowest BCUT2D eigenvalue weighted by atomic mass is 10.0. The quantitative estimate of drug-likeness (QED) is 0.185. The maximum Gasteiger partial charge on any atom is 0.339 e. The molecule has 5 rings (SSSR count). The summed E-state index contributed by atoms with van der Waals surface area (Å²) in [5, 5.41) is 3.59. The fourth-order valence-electron chi connectivity index (χ4n) is 5.69. The van der Waals surface area contributed by atoms with Crippen molar-refractivity contribution in [1.82, 2.24) is 9.80 Å². The Morgan fingerprint density at radius 2 is 1.60 bits per heavy atom. The van der Waals surface area contributed by atoms with E-state index in [4.69, 9.17) is 32.8 Å². The Kier molecular flexibility index (Phi) is 11.4. The fraction of sp³-hybridized carbons (Fsp3) is 0.441. The Morgan fingerprint density at radius 3 is 2.23 bits per heavy atom. The van der Waals surface area contributed by atoms with Gasteiger partial charge in [-0.1, -0.05) is 0 Å². The number of carbonyl (C=O) groups excluding carboxylic acids is 2. The van der Waals surface area contributed by atoms with Crippen molar-refractivity contribution < 1.29 is 42.4 Å². The molecular formula is C34H41N3O10. The van der Waals surface area contributed by atoms with Crippen LogP contribution in [0.4, 0.5) is 10.5 Å². The van der Waals surface area contributed by atoms with Crippen LogP contribution in [0.15, 0.2) is 45.6 Å². The topological polar surface area (TPSA) is 138 Å². The second-order valence-electron chi connectivity index (χ2n) is 11.2. The van der Waals surface area contributed by atoms with Crippen molar-refractivity contribution in [2.45, 2.75) is 19.4 Å². The molecule has 0 unspecified atom stereocenters. The van der Waals surface area contributed by atoms with Crippen LogP contribution in [0.1, 0.15) is 16.7 Å². The largest absolute Gasteiger partial charge is 0.493 e. The molecule has 47 heavy (non-hydrogen) atoms. The number of nitrogens with zero attached hydrogens (tertiary/aromatic N) is 2. The Morgan fingerprint density at radius 1 is 0.936 bits per heavy atom. The van der Waals surface area contributed by atoms with Gasteiger partial charge in [0.25, 0.3) is 0 Å². The van der Waals surface area contributed by atoms with Crippen molar-refractivity contribution in [2.24, 2.45) is 0 Å². The van der Waals surface area contributed by atoms with Gasteiger partial charge >= 0.3 is 17.6 Å². The number of benzene rings is 2. The minimum Gasteiger partial charge on any atom is -0.493 e. The highest BCUT2D eigenvalue weighted by molar-refractivity contribution is 5.93. The van der Waals surface area contributed by atoms with E-state index in [0.29, 0.717) is 98.8 Å². The first-order chi connectivity index (χ1) is 22.8. The summed E-state index contributed by atoms with van der Waals surface area (Å²) in [5.74, 6) is 0.782. The first kappa shape index (κ1) is 33.8. The lowest BCUT2D eigenvalue weighted by Gasteiger charge is -2.30. The van der Waals surface area contributed by atoms with Crippen molar-refractivity contribution in [2.75, 3.05) is 85.8 Å². The maximum absolute atomic E-state index is 13.3. The average molecular weight is 652 g/mol. The molecule has 3 aromatic rings. The summed E-state index contributed by atoms with van der Waals surface area (Å²) in [6.45, 7) is 6.77. The minimum atomic E-state index is -0.642. The second-order valence-corrected chi connectivity index (χ2v) is 11.2. The molecule has 3 heterocycles. The zero-order chi connectivity index (χ0) is 33.3. The van der Waals surface area contributed by atoms with E-state index in [1.165, 1.54) is 27.4 Å². The zero-order valence-electron chi connectivity index (χ0n) is 27.2. The number of esters is 1. The van der Waals surface area contributed by atoms with Crippen LogP contribution in [0.25, 0.3) is 17.0 Å². The number of fused-ring (bicyclic) bond motifs is 1. The summed E-state index contributed by atoms with van der Waals surface area (Å²) >= 11 is 0. The fourth-order valence-corrected chi connectivity index (χ4v) is 5.69. The molecule has 13 nitrogen and oxygen atoms in total. The third kappa shape index (κ3) is 8.42. The van der Waals surface area contributed by atoms with Crippen LogP contribution in [-0.4, -0.2) is 108 Å². The van der Waals surface area contributed by atoms with Gasteiger partial charge in [-0.2, -0.15) is 0 Å². The van der Waals surface area contributed by atoms with Gasteiger partial charge in [-0.3, -0.25) is 4.90 Å². The number of urea groups is 1. The molecular weight excluding hydrogens is 610 g/mol. The predicted octanol–water partition coefficient (Wildman–Crippen LogP) is 3.49. The van der Waals surface area contributed by atoms with Crippen LogP contribution < -0.4 is 25.2 Å². The molecule has 2 saturated heterocycles. The molecule has 13 heteroatoms. The van der Waals surface area contributed by atoms with Gasteiger partial charge in [0.05, 0.1) is 47.8 Å². The molecule has 2 aromatic carbocycles. The van der Waals surface area contributed by atoms with E-state index in [9.17, 15) is 14.4 Å². The first-order valence-electron chi connectivity index (χ1n) is 15.5. The van der Waals surface area contributed by atoms with Crippen LogP contribution in [-0.2, 0) is 25.4 Å². The highest BCUT2D eigenvalue weighted by Gasteiger charge is 2.24. The molecule has 0 spiro atoms. The predicted molar refractivity (Wildman–Crippen MR) is 175 cm³/mol. The van der Waals surface area contributed by atoms with Gasteiger partial charge in [0, 0.05) is 67.9 Å². The van der Waals surface area contributed by atoms with E-state index >= 15 is 0 Å².